The Bertz CT molecular complexity index is 1820. The van der Waals surface area contributed by atoms with Crippen LogP contribution in [0.25, 0.3) is 6.08 Å². The lowest BCUT2D eigenvalue weighted by atomic mass is 9.99. The molecule has 258 valence electrons. The molecular formula is C38H36BrN3O7S. The molecule has 1 aliphatic rings. The number of halogens is 1. The molecule has 0 aromatic heterocycles. The van der Waals surface area contributed by atoms with Gasteiger partial charge in [0.1, 0.15) is 5.57 Å². The average molecular weight is 759 g/mol. The van der Waals surface area contributed by atoms with Gasteiger partial charge in [-0.15, -0.1) is 0 Å². The highest BCUT2D eigenvalue weighted by atomic mass is 79.9. The number of amidine groups is 1. The fourth-order valence-corrected chi connectivity index (χ4v) is 6.24. The fraction of sp³-hybridized carbons (Fsp3) is 0.184. The van der Waals surface area contributed by atoms with E-state index in [2.05, 4.69) is 32.8 Å². The molecule has 50 heavy (non-hydrogen) atoms. The third kappa shape index (κ3) is 9.70. The lowest BCUT2D eigenvalue weighted by Crippen LogP contribution is -2.42. The second kappa shape index (κ2) is 18.5. The molecule has 3 amide bonds. The van der Waals surface area contributed by atoms with Gasteiger partial charge in [0, 0.05) is 5.70 Å². The lowest BCUT2D eigenvalue weighted by molar-refractivity contribution is -0.145. The molecule has 12 heteroatoms. The highest BCUT2D eigenvalue weighted by molar-refractivity contribution is 9.10. The van der Waals surface area contributed by atoms with Crippen LogP contribution in [0, 0.1) is 0 Å². The quantitative estimate of drug-likeness (QED) is 0.0826. The minimum absolute atomic E-state index is 0.0477. The Morgan fingerprint density at radius 3 is 2.30 bits per heavy atom. The molecule has 0 unspecified atom stereocenters. The van der Waals surface area contributed by atoms with Gasteiger partial charge in [-0.2, -0.15) is 4.99 Å². The van der Waals surface area contributed by atoms with E-state index in [9.17, 15) is 19.2 Å². The number of thioether (sulfide) groups is 1. The van der Waals surface area contributed by atoms with Crippen molar-refractivity contribution >= 4 is 62.6 Å². The van der Waals surface area contributed by atoms with Crippen LogP contribution in [0.5, 0.6) is 11.5 Å². The number of nitrogens with one attached hydrogen (secondary N) is 1. The predicted molar refractivity (Wildman–Crippen MR) is 199 cm³/mol. The molecule has 4 rings (SSSR count). The first-order valence-corrected chi connectivity index (χ1v) is 17.3. The number of hydrogen-bond acceptors (Lipinski definition) is 8. The molecule has 0 bridgehead atoms. The zero-order chi connectivity index (χ0) is 36.0. The van der Waals surface area contributed by atoms with Crippen LogP contribution in [-0.2, 0) is 23.9 Å². The van der Waals surface area contributed by atoms with E-state index in [4.69, 9.17) is 14.2 Å². The first kappa shape index (κ1) is 37.6. The van der Waals surface area contributed by atoms with Gasteiger partial charge in [-0.05, 0) is 70.8 Å². The summed E-state index contributed by atoms with van der Waals surface area (Å²) in [6, 6.07) is 21.9. The molecule has 1 aliphatic heterocycles. The maximum atomic E-state index is 14.1. The van der Waals surface area contributed by atoms with Gasteiger partial charge in [-0.1, -0.05) is 97.2 Å². The van der Waals surface area contributed by atoms with Crippen LogP contribution in [-0.4, -0.2) is 59.8 Å². The molecule has 0 saturated heterocycles. The Balaban J connectivity index is 1.63. The van der Waals surface area contributed by atoms with Crippen LogP contribution < -0.4 is 14.8 Å². The maximum Gasteiger partial charge on any atom is 0.344 e. The molecule has 1 N–H and O–H groups in total. The van der Waals surface area contributed by atoms with Crippen LogP contribution in [0.15, 0.2) is 124 Å². The van der Waals surface area contributed by atoms with Crippen LogP contribution in [0.2, 0.25) is 0 Å². The van der Waals surface area contributed by atoms with Crippen LogP contribution >= 0.6 is 27.7 Å². The summed E-state index contributed by atoms with van der Waals surface area (Å²) in [5.74, 6) is -1.91. The molecule has 0 saturated carbocycles. The summed E-state index contributed by atoms with van der Waals surface area (Å²) in [7, 11) is 1.42. The molecular weight excluding hydrogens is 722 g/mol. The Morgan fingerprint density at radius 2 is 1.72 bits per heavy atom. The van der Waals surface area contributed by atoms with Crippen molar-refractivity contribution in [1.29, 1.82) is 0 Å². The SMILES string of the molecule is C=C/C=C\C(=C/C)N1C(=O)/C(=C/c2cc(Br)c(OCC(=O)OCC)c(OC)c2)C(=O)N=C1SCC(=O)NC(c1ccccc1)c1ccccc1. The minimum Gasteiger partial charge on any atom is -0.493 e. The highest BCUT2D eigenvalue weighted by Crippen LogP contribution is 2.38. The van der Waals surface area contributed by atoms with Crippen LogP contribution in [0.4, 0.5) is 0 Å². The van der Waals surface area contributed by atoms with Gasteiger partial charge < -0.3 is 19.5 Å². The third-order valence-electron chi connectivity index (χ3n) is 7.12. The molecule has 0 spiro atoms. The van der Waals surface area contributed by atoms with Gasteiger partial charge in [0.15, 0.2) is 23.3 Å². The molecule has 0 radical (unpaired) electrons. The van der Waals surface area contributed by atoms with Gasteiger partial charge in [0.05, 0.1) is 30.0 Å². The summed E-state index contributed by atoms with van der Waals surface area (Å²) < 4.78 is 16.4. The van der Waals surface area contributed by atoms with Crippen molar-refractivity contribution in [3.8, 4) is 11.5 Å². The molecule has 1 heterocycles. The number of aliphatic imine (C=N–C) groups is 1. The molecule has 10 nitrogen and oxygen atoms in total. The van der Waals surface area contributed by atoms with Crippen molar-refractivity contribution in [2.75, 3.05) is 26.1 Å². The number of allylic oxidation sites excluding steroid dienone is 4. The Labute approximate surface area is 303 Å². The minimum atomic E-state index is -0.776. The van der Waals surface area contributed by atoms with E-state index in [1.54, 1.807) is 50.3 Å². The zero-order valence-electron chi connectivity index (χ0n) is 27.8. The summed E-state index contributed by atoms with van der Waals surface area (Å²) in [6.45, 7) is 7.01. The zero-order valence-corrected chi connectivity index (χ0v) is 30.2. The van der Waals surface area contributed by atoms with E-state index in [-0.39, 0.29) is 47.1 Å². The molecule has 0 aliphatic carbocycles. The van der Waals surface area contributed by atoms with E-state index in [1.807, 2.05) is 60.7 Å². The summed E-state index contributed by atoms with van der Waals surface area (Å²) in [4.78, 5) is 58.3. The van der Waals surface area contributed by atoms with Crippen molar-refractivity contribution in [1.82, 2.24) is 10.2 Å². The summed E-state index contributed by atoms with van der Waals surface area (Å²) in [5, 5.41) is 3.13. The number of methoxy groups -OCH3 is 1. The van der Waals surface area contributed by atoms with Crippen molar-refractivity contribution in [2.24, 2.45) is 4.99 Å². The number of benzene rings is 3. The van der Waals surface area contributed by atoms with E-state index in [0.29, 0.717) is 15.7 Å². The Kier molecular flexibility index (Phi) is 13.9. The lowest BCUT2D eigenvalue weighted by Gasteiger charge is -2.28. The van der Waals surface area contributed by atoms with Crippen molar-refractivity contribution in [3.63, 3.8) is 0 Å². The van der Waals surface area contributed by atoms with E-state index < -0.39 is 23.8 Å². The largest absolute Gasteiger partial charge is 0.493 e. The second-order valence-corrected chi connectivity index (χ2v) is 12.2. The Morgan fingerprint density at radius 1 is 1.06 bits per heavy atom. The number of rotatable bonds is 14. The normalized spacial score (nSPS) is 14.2. The topological polar surface area (TPSA) is 124 Å². The monoisotopic (exact) mass is 757 g/mol. The molecule has 3 aromatic rings. The fourth-order valence-electron chi connectivity index (χ4n) is 4.86. The van der Waals surface area contributed by atoms with E-state index in [0.717, 1.165) is 22.9 Å². The third-order valence-corrected chi connectivity index (χ3v) is 8.64. The first-order valence-electron chi connectivity index (χ1n) is 15.5. The number of carbonyl (C=O) groups is 4. The standard InChI is InChI=1S/C38H36BrN3O7S/c1-5-8-19-28(6-2)42-37(46)29(20-25-21-30(39)35(31(22-25)47-4)49-23-33(44)48-7-3)36(45)41-38(42)50-24-32(43)40-34(26-15-11-9-12-16-26)27-17-13-10-14-18-27/h5-6,8-22,34H,1,7,23-24H2,2-4H3,(H,40,43)/b19-8-,28-6+,29-20+. The average Bonchev–Trinajstić information content (AvgIpc) is 3.12. The van der Waals surface area contributed by atoms with Crippen LogP contribution in [0.3, 0.4) is 0 Å². The van der Waals surface area contributed by atoms with Crippen molar-refractivity contribution in [3.05, 3.63) is 136 Å². The number of esters is 1. The summed E-state index contributed by atoms with van der Waals surface area (Å²) >= 11 is 4.40. The first-order chi connectivity index (χ1) is 24.2. The van der Waals surface area contributed by atoms with E-state index in [1.165, 1.54) is 18.1 Å². The molecule has 0 fully saturated rings. The smallest absolute Gasteiger partial charge is 0.344 e. The van der Waals surface area contributed by atoms with Crippen molar-refractivity contribution < 1.29 is 33.4 Å². The van der Waals surface area contributed by atoms with E-state index >= 15 is 0 Å². The summed E-state index contributed by atoms with van der Waals surface area (Å²) in [5.41, 5.74) is 2.44. The van der Waals surface area contributed by atoms with Gasteiger partial charge in [-0.25, -0.2) is 4.79 Å². The summed E-state index contributed by atoms with van der Waals surface area (Å²) in [6.07, 6.45) is 7.95. The number of amides is 3. The molecule has 3 aromatic carbocycles. The van der Waals surface area contributed by atoms with Gasteiger partial charge >= 0.3 is 5.97 Å². The van der Waals surface area contributed by atoms with Gasteiger partial charge in [0.2, 0.25) is 5.91 Å². The number of ether oxygens (including phenoxy) is 3. The van der Waals surface area contributed by atoms with Gasteiger partial charge in [-0.3, -0.25) is 19.3 Å². The number of carbonyl (C=O) groups excluding carboxylic acids is 4. The maximum absolute atomic E-state index is 14.1. The number of hydrogen-bond donors (Lipinski definition) is 1. The highest BCUT2D eigenvalue weighted by Gasteiger charge is 2.35. The van der Waals surface area contributed by atoms with Crippen LogP contribution in [0.1, 0.15) is 36.6 Å². The second-order valence-electron chi connectivity index (χ2n) is 10.4. The number of nitrogens with zero attached hydrogens (tertiary/aromatic N) is 2. The Hall–Kier alpha value is -5.20. The molecule has 0 atom stereocenters. The predicted octanol–water partition coefficient (Wildman–Crippen LogP) is 6.79. The van der Waals surface area contributed by atoms with Crippen molar-refractivity contribution in [2.45, 2.75) is 19.9 Å². The van der Waals surface area contributed by atoms with Gasteiger partial charge in [0.25, 0.3) is 11.8 Å².